The van der Waals surface area contributed by atoms with Crippen LogP contribution in [0, 0.1) is 0 Å². The molecule has 0 atom stereocenters. The lowest BCUT2D eigenvalue weighted by molar-refractivity contribution is 0.0951. The zero-order valence-electron chi connectivity index (χ0n) is 13.9. The molecule has 0 aliphatic rings. The summed E-state index contributed by atoms with van der Waals surface area (Å²) >= 11 is 5.88. The Kier molecular flexibility index (Phi) is 4.46. The molecule has 0 aliphatic heterocycles. The Morgan fingerprint density at radius 3 is 2.81 bits per heavy atom. The number of hydrogen-bond donors (Lipinski definition) is 3. The third-order valence-electron chi connectivity index (χ3n) is 4.23. The number of rotatable bonds is 5. The smallest absolute Gasteiger partial charge is 0.267 e. The fraction of sp³-hybridized carbons (Fsp3) is 0.100. The van der Waals surface area contributed by atoms with Crippen LogP contribution >= 0.6 is 11.6 Å². The molecule has 6 heteroatoms. The summed E-state index contributed by atoms with van der Waals surface area (Å²) in [4.78, 5) is 19.4. The molecule has 26 heavy (non-hydrogen) atoms. The highest BCUT2D eigenvalue weighted by Crippen LogP contribution is 2.22. The fourth-order valence-corrected chi connectivity index (χ4v) is 3.14. The van der Waals surface area contributed by atoms with E-state index in [1.165, 1.54) is 10.8 Å². The van der Waals surface area contributed by atoms with Crippen molar-refractivity contribution in [1.29, 1.82) is 0 Å². The number of aromatic nitrogens is 2. The number of carbonyl (C=O) groups is 1. The van der Waals surface area contributed by atoms with Crippen LogP contribution in [0.3, 0.4) is 0 Å². The van der Waals surface area contributed by atoms with E-state index in [2.05, 4.69) is 38.8 Å². The average Bonchev–Trinajstić information content (AvgIpc) is 3.08. The van der Waals surface area contributed by atoms with Crippen molar-refractivity contribution < 1.29 is 4.79 Å². The minimum atomic E-state index is -0.156. The molecule has 2 aromatic carbocycles. The van der Waals surface area contributed by atoms with Gasteiger partial charge in [0.25, 0.3) is 5.91 Å². The maximum Gasteiger partial charge on any atom is 0.267 e. The molecule has 0 saturated carbocycles. The van der Waals surface area contributed by atoms with Gasteiger partial charge < -0.3 is 15.6 Å². The van der Waals surface area contributed by atoms with Gasteiger partial charge in [0.1, 0.15) is 10.8 Å². The van der Waals surface area contributed by atoms with Gasteiger partial charge in [-0.1, -0.05) is 48.0 Å². The summed E-state index contributed by atoms with van der Waals surface area (Å²) in [5.41, 5.74) is 2.34. The minimum absolute atomic E-state index is 0.156. The summed E-state index contributed by atoms with van der Waals surface area (Å²) < 4.78 is 0. The molecule has 4 rings (SSSR count). The maximum atomic E-state index is 12.3. The number of aromatic amines is 1. The number of fused-ring (bicyclic) bond motifs is 2. The molecule has 0 radical (unpaired) electrons. The second-order valence-electron chi connectivity index (χ2n) is 5.99. The predicted octanol–water partition coefficient (Wildman–Crippen LogP) is 4.21. The molecular weight excluding hydrogens is 348 g/mol. The largest absolute Gasteiger partial charge is 0.383 e. The Balaban J connectivity index is 1.37. The van der Waals surface area contributed by atoms with E-state index in [0.29, 0.717) is 23.9 Å². The lowest BCUT2D eigenvalue weighted by atomic mass is 10.1. The first-order chi connectivity index (χ1) is 12.7. The molecule has 0 aliphatic carbocycles. The van der Waals surface area contributed by atoms with Crippen molar-refractivity contribution in [3.8, 4) is 0 Å². The van der Waals surface area contributed by atoms with E-state index in [9.17, 15) is 4.79 Å². The number of H-pyrrole nitrogens is 1. The first-order valence-corrected chi connectivity index (χ1v) is 8.72. The Morgan fingerprint density at radius 1 is 1.04 bits per heavy atom. The minimum Gasteiger partial charge on any atom is -0.383 e. The number of hydrogen-bond acceptors (Lipinski definition) is 3. The van der Waals surface area contributed by atoms with Gasteiger partial charge in [-0.15, -0.1) is 0 Å². The summed E-state index contributed by atoms with van der Waals surface area (Å²) in [6.07, 6.45) is 1.62. The van der Waals surface area contributed by atoms with E-state index in [0.717, 1.165) is 16.6 Å². The van der Waals surface area contributed by atoms with E-state index in [-0.39, 0.29) is 5.91 Å². The SMILES string of the molecule is O=C(NCCNc1cccc2ccccc12)c1cc2cc(Cl)ncc2[nH]1. The van der Waals surface area contributed by atoms with Crippen molar-refractivity contribution in [2.24, 2.45) is 0 Å². The molecule has 2 heterocycles. The normalized spacial score (nSPS) is 11.0. The quantitative estimate of drug-likeness (QED) is 0.367. The molecule has 0 saturated heterocycles. The van der Waals surface area contributed by atoms with Crippen LogP contribution in [0.15, 0.2) is 60.8 Å². The highest BCUT2D eigenvalue weighted by atomic mass is 35.5. The predicted molar refractivity (Wildman–Crippen MR) is 106 cm³/mol. The molecule has 3 N–H and O–H groups in total. The van der Waals surface area contributed by atoms with Gasteiger partial charge in [0.05, 0.1) is 11.7 Å². The number of anilines is 1. The van der Waals surface area contributed by atoms with Gasteiger partial charge in [0.2, 0.25) is 0 Å². The van der Waals surface area contributed by atoms with Gasteiger partial charge in [0, 0.05) is 29.5 Å². The van der Waals surface area contributed by atoms with E-state index < -0.39 is 0 Å². The second-order valence-corrected chi connectivity index (χ2v) is 6.37. The van der Waals surface area contributed by atoms with Crippen molar-refractivity contribution in [2.75, 3.05) is 18.4 Å². The Hall–Kier alpha value is -3.05. The number of halogens is 1. The van der Waals surface area contributed by atoms with E-state index in [1.807, 2.05) is 24.3 Å². The van der Waals surface area contributed by atoms with Gasteiger partial charge in [-0.2, -0.15) is 0 Å². The molecule has 0 bridgehead atoms. The fourth-order valence-electron chi connectivity index (χ4n) is 2.97. The van der Waals surface area contributed by atoms with Crippen molar-refractivity contribution in [3.63, 3.8) is 0 Å². The van der Waals surface area contributed by atoms with Gasteiger partial charge in [-0.3, -0.25) is 4.79 Å². The Bertz CT molecular complexity index is 1080. The lowest BCUT2D eigenvalue weighted by Gasteiger charge is -2.10. The van der Waals surface area contributed by atoms with Gasteiger partial charge in [0.15, 0.2) is 0 Å². The molecule has 130 valence electrons. The maximum absolute atomic E-state index is 12.3. The molecule has 0 unspecified atom stereocenters. The highest BCUT2D eigenvalue weighted by molar-refractivity contribution is 6.30. The van der Waals surface area contributed by atoms with Crippen molar-refractivity contribution >= 4 is 44.9 Å². The highest BCUT2D eigenvalue weighted by Gasteiger charge is 2.09. The van der Waals surface area contributed by atoms with Crippen LogP contribution < -0.4 is 10.6 Å². The van der Waals surface area contributed by atoms with Crippen LogP contribution in [0.1, 0.15) is 10.5 Å². The monoisotopic (exact) mass is 364 g/mol. The Morgan fingerprint density at radius 2 is 1.88 bits per heavy atom. The zero-order valence-corrected chi connectivity index (χ0v) is 14.7. The van der Waals surface area contributed by atoms with Crippen LogP contribution in [0.5, 0.6) is 0 Å². The summed E-state index contributed by atoms with van der Waals surface area (Å²) in [6, 6.07) is 17.9. The number of amides is 1. The molecular formula is C20H17ClN4O. The lowest BCUT2D eigenvalue weighted by Crippen LogP contribution is -2.29. The van der Waals surface area contributed by atoms with Crippen LogP contribution in [-0.4, -0.2) is 29.0 Å². The molecule has 5 nitrogen and oxygen atoms in total. The van der Waals surface area contributed by atoms with Crippen molar-refractivity contribution in [2.45, 2.75) is 0 Å². The second kappa shape index (κ2) is 7.06. The van der Waals surface area contributed by atoms with E-state index in [1.54, 1.807) is 18.3 Å². The third kappa shape index (κ3) is 3.34. The average molecular weight is 365 g/mol. The molecule has 4 aromatic rings. The van der Waals surface area contributed by atoms with Crippen LogP contribution in [-0.2, 0) is 0 Å². The standard InChI is InChI=1S/C20H17ClN4O/c21-19-11-14-10-17(25-18(14)12-24-19)20(26)23-9-8-22-16-7-3-5-13-4-1-2-6-15(13)16/h1-7,10-12,22,25H,8-9H2,(H,23,26). The van der Waals surface area contributed by atoms with Crippen LogP contribution in [0.2, 0.25) is 5.15 Å². The van der Waals surface area contributed by atoms with E-state index >= 15 is 0 Å². The number of nitrogens with one attached hydrogen (secondary N) is 3. The first-order valence-electron chi connectivity index (χ1n) is 8.35. The molecule has 1 amide bonds. The topological polar surface area (TPSA) is 69.8 Å². The third-order valence-corrected chi connectivity index (χ3v) is 4.44. The number of pyridine rings is 1. The Labute approximate surface area is 155 Å². The molecule has 0 fully saturated rings. The van der Waals surface area contributed by atoms with Crippen LogP contribution in [0.4, 0.5) is 5.69 Å². The van der Waals surface area contributed by atoms with Gasteiger partial charge >= 0.3 is 0 Å². The van der Waals surface area contributed by atoms with Gasteiger partial charge in [-0.05, 0) is 23.6 Å². The van der Waals surface area contributed by atoms with Crippen molar-refractivity contribution in [1.82, 2.24) is 15.3 Å². The summed E-state index contributed by atoms with van der Waals surface area (Å²) in [7, 11) is 0. The van der Waals surface area contributed by atoms with Gasteiger partial charge in [-0.25, -0.2) is 4.98 Å². The summed E-state index contributed by atoms with van der Waals surface area (Å²) in [5.74, 6) is -0.156. The molecule has 0 spiro atoms. The molecule has 2 aromatic heterocycles. The first kappa shape index (κ1) is 16.4. The van der Waals surface area contributed by atoms with Crippen molar-refractivity contribution in [3.05, 3.63) is 71.6 Å². The number of nitrogens with zero attached hydrogens (tertiary/aromatic N) is 1. The van der Waals surface area contributed by atoms with E-state index in [4.69, 9.17) is 11.6 Å². The summed E-state index contributed by atoms with van der Waals surface area (Å²) in [6.45, 7) is 1.14. The number of benzene rings is 2. The number of carbonyl (C=O) groups excluding carboxylic acids is 1. The summed E-state index contributed by atoms with van der Waals surface area (Å²) in [5, 5.41) is 9.91. The zero-order chi connectivity index (χ0) is 17.9. The van der Waals surface area contributed by atoms with Crippen LogP contribution in [0.25, 0.3) is 21.7 Å².